The van der Waals surface area contributed by atoms with Gasteiger partial charge in [-0.25, -0.2) is 4.98 Å². The second-order valence-corrected chi connectivity index (χ2v) is 5.04. The molecule has 1 heterocycles. The predicted molar refractivity (Wildman–Crippen MR) is 73.7 cm³/mol. The summed E-state index contributed by atoms with van der Waals surface area (Å²) in [4.78, 5) is 15.9. The lowest BCUT2D eigenvalue weighted by atomic mass is 10.2. The van der Waals surface area contributed by atoms with Crippen molar-refractivity contribution in [2.24, 2.45) is 0 Å². The summed E-state index contributed by atoms with van der Waals surface area (Å²) >= 11 is 1.82. The van der Waals surface area contributed by atoms with E-state index in [-0.39, 0.29) is 11.9 Å². The van der Waals surface area contributed by atoms with Crippen molar-refractivity contribution in [3.05, 3.63) is 23.9 Å². The zero-order valence-corrected chi connectivity index (χ0v) is 11.3. The Kier molecular flexibility index (Phi) is 5.83. The van der Waals surface area contributed by atoms with Crippen LogP contribution in [0.4, 0.5) is 5.82 Å². The first-order valence-corrected chi connectivity index (χ1v) is 6.85. The minimum atomic E-state index is -0.0654. The van der Waals surface area contributed by atoms with Crippen LogP contribution in [-0.2, 0) is 0 Å². The molecule has 0 radical (unpaired) electrons. The van der Waals surface area contributed by atoms with E-state index < -0.39 is 0 Å². The minimum Gasteiger partial charge on any atom is -0.373 e. The molecule has 17 heavy (non-hydrogen) atoms. The quantitative estimate of drug-likeness (QED) is 0.814. The molecule has 4 nitrogen and oxygen atoms in total. The van der Waals surface area contributed by atoms with Gasteiger partial charge in [-0.1, -0.05) is 6.92 Å². The van der Waals surface area contributed by atoms with Crippen molar-refractivity contribution in [2.75, 3.05) is 23.9 Å². The van der Waals surface area contributed by atoms with Crippen LogP contribution in [0.2, 0.25) is 0 Å². The predicted octanol–water partition coefficient (Wildman–Crippen LogP) is 1.99. The van der Waals surface area contributed by atoms with Crippen LogP contribution in [0.25, 0.3) is 0 Å². The lowest BCUT2D eigenvalue weighted by Crippen LogP contribution is -2.34. The molecule has 1 rings (SSSR count). The van der Waals surface area contributed by atoms with Gasteiger partial charge in [0, 0.05) is 25.0 Å². The molecule has 0 aliphatic carbocycles. The van der Waals surface area contributed by atoms with Gasteiger partial charge in [0.15, 0.2) is 0 Å². The maximum Gasteiger partial charge on any atom is 0.253 e. The van der Waals surface area contributed by atoms with Crippen LogP contribution in [0.5, 0.6) is 0 Å². The number of hydrogen-bond acceptors (Lipinski definition) is 4. The number of aromatic nitrogens is 1. The third-order valence-electron chi connectivity index (χ3n) is 2.23. The maximum atomic E-state index is 11.8. The third kappa shape index (κ3) is 4.65. The molecule has 5 heteroatoms. The molecule has 0 spiro atoms. The number of carbonyl (C=O) groups excluding carboxylic acids is 1. The molecular weight excluding hydrogens is 234 g/mol. The molecule has 2 N–H and O–H groups in total. The van der Waals surface area contributed by atoms with Crippen molar-refractivity contribution in [1.82, 2.24) is 10.3 Å². The number of pyridine rings is 1. The van der Waals surface area contributed by atoms with Gasteiger partial charge in [0.2, 0.25) is 0 Å². The summed E-state index contributed by atoms with van der Waals surface area (Å²) in [6, 6.07) is 3.74. The Hall–Kier alpha value is -1.23. The van der Waals surface area contributed by atoms with E-state index >= 15 is 0 Å². The fourth-order valence-electron chi connectivity index (χ4n) is 1.32. The van der Waals surface area contributed by atoms with Crippen LogP contribution in [-0.4, -0.2) is 35.5 Å². The molecule has 0 fully saturated rings. The Bertz CT molecular complexity index is 353. The summed E-state index contributed by atoms with van der Waals surface area (Å²) in [6.07, 6.45) is 1.58. The average molecular weight is 253 g/mol. The summed E-state index contributed by atoms with van der Waals surface area (Å²) < 4.78 is 0. The van der Waals surface area contributed by atoms with E-state index in [0.717, 1.165) is 17.3 Å². The summed E-state index contributed by atoms with van der Waals surface area (Å²) in [5.41, 5.74) is 0.595. The lowest BCUT2D eigenvalue weighted by molar-refractivity contribution is 0.0943. The first-order chi connectivity index (χ1) is 8.17. The highest BCUT2D eigenvalue weighted by molar-refractivity contribution is 7.99. The fraction of sp³-hybridized carbons (Fsp3) is 0.500. The van der Waals surface area contributed by atoms with E-state index in [1.807, 2.05) is 18.7 Å². The largest absolute Gasteiger partial charge is 0.373 e. The maximum absolute atomic E-state index is 11.8. The molecular formula is C12H19N3OS. The Morgan fingerprint density at radius 3 is 2.82 bits per heavy atom. The van der Waals surface area contributed by atoms with Crippen molar-refractivity contribution >= 4 is 23.5 Å². The first kappa shape index (κ1) is 13.8. The summed E-state index contributed by atoms with van der Waals surface area (Å²) in [5.74, 6) is 2.70. The number of carbonyl (C=O) groups is 1. The van der Waals surface area contributed by atoms with Crippen LogP contribution >= 0.6 is 11.8 Å². The molecule has 94 valence electrons. The van der Waals surface area contributed by atoms with Crippen LogP contribution < -0.4 is 10.6 Å². The van der Waals surface area contributed by atoms with Crippen LogP contribution in [0.1, 0.15) is 24.2 Å². The van der Waals surface area contributed by atoms with Gasteiger partial charge in [-0.05, 0) is 24.8 Å². The molecule has 0 saturated heterocycles. The van der Waals surface area contributed by atoms with Crippen LogP contribution in [0.15, 0.2) is 18.3 Å². The highest BCUT2D eigenvalue weighted by Gasteiger charge is 2.09. The molecule has 1 amide bonds. The normalized spacial score (nSPS) is 11.9. The second kappa shape index (κ2) is 7.17. The zero-order chi connectivity index (χ0) is 12.7. The van der Waals surface area contributed by atoms with E-state index in [1.165, 1.54) is 0 Å². The van der Waals surface area contributed by atoms with E-state index in [9.17, 15) is 4.79 Å². The molecule has 0 saturated carbocycles. The van der Waals surface area contributed by atoms with Gasteiger partial charge in [0.25, 0.3) is 5.91 Å². The number of nitrogens with zero attached hydrogens (tertiary/aromatic N) is 1. The minimum absolute atomic E-state index is 0.0654. The molecule has 1 aromatic heterocycles. The van der Waals surface area contributed by atoms with E-state index in [1.54, 1.807) is 25.4 Å². The summed E-state index contributed by atoms with van der Waals surface area (Å²) in [6.45, 7) is 4.12. The van der Waals surface area contributed by atoms with Crippen molar-refractivity contribution in [1.29, 1.82) is 0 Å². The smallest absolute Gasteiger partial charge is 0.253 e. The summed E-state index contributed by atoms with van der Waals surface area (Å²) in [7, 11) is 1.80. The SMILES string of the molecule is CCSCC(C)NC(=O)c1ccc(NC)nc1. The van der Waals surface area contributed by atoms with E-state index in [4.69, 9.17) is 0 Å². The third-order valence-corrected chi connectivity index (χ3v) is 3.38. The van der Waals surface area contributed by atoms with Crippen LogP contribution in [0.3, 0.4) is 0 Å². The fourth-order valence-corrected chi connectivity index (χ4v) is 1.99. The molecule has 0 aliphatic heterocycles. The van der Waals surface area contributed by atoms with Crippen LogP contribution in [0, 0.1) is 0 Å². The topological polar surface area (TPSA) is 54.0 Å². The molecule has 1 aromatic rings. The second-order valence-electron chi connectivity index (χ2n) is 3.72. The number of nitrogens with one attached hydrogen (secondary N) is 2. The van der Waals surface area contributed by atoms with Gasteiger partial charge >= 0.3 is 0 Å². The van der Waals surface area contributed by atoms with Gasteiger partial charge in [0.05, 0.1) is 5.56 Å². The van der Waals surface area contributed by atoms with Gasteiger partial charge < -0.3 is 10.6 Å². The van der Waals surface area contributed by atoms with Gasteiger partial charge in [-0.2, -0.15) is 11.8 Å². The van der Waals surface area contributed by atoms with E-state index in [2.05, 4.69) is 22.5 Å². The Morgan fingerprint density at radius 1 is 1.53 bits per heavy atom. The summed E-state index contributed by atoms with van der Waals surface area (Å²) in [5, 5.41) is 5.86. The van der Waals surface area contributed by atoms with Crippen molar-refractivity contribution in [3.63, 3.8) is 0 Å². The highest BCUT2D eigenvalue weighted by atomic mass is 32.2. The van der Waals surface area contributed by atoms with Crippen molar-refractivity contribution in [2.45, 2.75) is 19.9 Å². The van der Waals surface area contributed by atoms with Gasteiger partial charge in [0.1, 0.15) is 5.82 Å². The van der Waals surface area contributed by atoms with Crippen molar-refractivity contribution in [3.8, 4) is 0 Å². The lowest BCUT2D eigenvalue weighted by Gasteiger charge is -2.13. The number of hydrogen-bond donors (Lipinski definition) is 2. The Morgan fingerprint density at radius 2 is 2.29 bits per heavy atom. The molecule has 1 atom stereocenters. The Labute approximate surface area is 107 Å². The highest BCUT2D eigenvalue weighted by Crippen LogP contribution is 2.06. The molecule has 0 bridgehead atoms. The number of rotatable bonds is 6. The van der Waals surface area contributed by atoms with Gasteiger partial charge in [-0.3, -0.25) is 4.79 Å². The van der Waals surface area contributed by atoms with Crippen molar-refractivity contribution < 1.29 is 4.79 Å². The van der Waals surface area contributed by atoms with E-state index in [0.29, 0.717) is 5.56 Å². The average Bonchev–Trinajstić information content (AvgIpc) is 2.36. The molecule has 1 unspecified atom stereocenters. The van der Waals surface area contributed by atoms with Gasteiger partial charge in [-0.15, -0.1) is 0 Å². The Balaban J connectivity index is 2.51. The first-order valence-electron chi connectivity index (χ1n) is 5.69. The molecule has 0 aliphatic rings. The monoisotopic (exact) mass is 253 g/mol. The molecule has 0 aromatic carbocycles. The number of amides is 1. The number of anilines is 1. The standard InChI is InChI=1S/C12H19N3OS/c1-4-17-8-9(2)15-12(16)10-5-6-11(13-3)14-7-10/h5-7,9H,4,8H2,1-3H3,(H,13,14)(H,15,16). The number of thioether (sulfide) groups is 1. The zero-order valence-electron chi connectivity index (χ0n) is 10.5.